The molecule has 2 atom stereocenters. The van der Waals surface area contributed by atoms with Gasteiger partial charge in [-0.2, -0.15) is 4.98 Å². The lowest BCUT2D eigenvalue weighted by Gasteiger charge is -2.35. The molecule has 0 spiro atoms. The van der Waals surface area contributed by atoms with Gasteiger partial charge < -0.3 is 30.5 Å². The Morgan fingerprint density at radius 2 is 1.86 bits per heavy atom. The normalized spacial score (nSPS) is 23.1. The summed E-state index contributed by atoms with van der Waals surface area (Å²) in [4.78, 5) is 28.6. The van der Waals surface area contributed by atoms with Gasteiger partial charge in [0.15, 0.2) is 0 Å². The van der Waals surface area contributed by atoms with Gasteiger partial charge >= 0.3 is 6.03 Å². The maximum absolute atomic E-state index is 13.1. The van der Waals surface area contributed by atoms with Crippen molar-refractivity contribution in [1.29, 1.82) is 0 Å². The molecule has 1 saturated heterocycles. The number of amides is 2. The number of nitrogen functional groups attached to an aromatic ring is 1. The van der Waals surface area contributed by atoms with Gasteiger partial charge in [0.2, 0.25) is 5.95 Å². The summed E-state index contributed by atoms with van der Waals surface area (Å²) in [5.74, 6) is 1.16. The molecule has 9 nitrogen and oxygen atoms in total. The number of fused-ring (bicyclic) bond motifs is 1. The molecule has 3 heterocycles. The molecule has 3 aliphatic rings. The zero-order valence-electron chi connectivity index (χ0n) is 20.9. The molecule has 5 rings (SSSR count). The average Bonchev–Trinajstić information content (AvgIpc) is 2.88. The summed E-state index contributed by atoms with van der Waals surface area (Å²) in [6.45, 7) is 5.16. The van der Waals surface area contributed by atoms with Crippen LogP contribution in [-0.4, -0.2) is 84.8 Å². The Hall–Kier alpha value is -2.91. The van der Waals surface area contributed by atoms with E-state index in [1.54, 1.807) is 7.11 Å². The van der Waals surface area contributed by atoms with Crippen LogP contribution in [0.25, 0.3) is 11.3 Å². The first-order chi connectivity index (χ1) is 17.0. The van der Waals surface area contributed by atoms with Crippen molar-refractivity contribution in [2.24, 2.45) is 0 Å². The molecule has 0 unspecified atom stereocenters. The van der Waals surface area contributed by atoms with E-state index in [-0.39, 0.29) is 24.1 Å². The van der Waals surface area contributed by atoms with Crippen LogP contribution in [-0.2, 0) is 17.7 Å². The monoisotopic (exact) mass is 479 g/mol. The maximum Gasteiger partial charge on any atom is 0.318 e. The number of urea groups is 1. The summed E-state index contributed by atoms with van der Waals surface area (Å²) < 4.78 is 5.62. The number of carbonyl (C=O) groups is 1. The molecule has 1 aromatic carbocycles. The van der Waals surface area contributed by atoms with Gasteiger partial charge in [0.25, 0.3) is 0 Å². The van der Waals surface area contributed by atoms with Crippen LogP contribution in [0.4, 0.5) is 16.6 Å². The van der Waals surface area contributed by atoms with Gasteiger partial charge in [0, 0.05) is 58.0 Å². The molecular weight excluding hydrogens is 442 g/mol. The molecule has 0 radical (unpaired) electrons. The number of aromatic nitrogens is 2. The second kappa shape index (κ2) is 10.4. The second-order valence-electron chi connectivity index (χ2n) is 10.0. The van der Waals surface area contributed by atoms with Gasteiger partial charge in [-0.05, 0) is 43.5 Å². The number of methoxy groups -OCH3 is 1. The lowest BCUT2D eigenvalue weighted by Crippen LogP contribution is -2.51. The van der Waals surface area contributed by atoms with Crippen LogP contribution in [0.15, 0.2) is 24.3 Å². The van der Waals surface area contributed by atoms with Gasteiger partial charge in [0.05, 0.1) is 17.8 Å². The van der Waals surface area contributed by atoms with Crippen molar-refractivity contribution < 1.29 is 9.53 Å². The van der Waals surface area contributed by atoms with Crippen molar-refractivity contribution in [3.8, 4) is 11.3 Å². The zero-order chi connectivity index (χ0) is 24.4. The van der Waals surface area contributed by atoms with E-state index in [1.807, 2.05) is 11.0 Å². The summed E-state index contributed by atoms with van der Waals surface area (Å²) in [6, 6.07) is 8.54. The summed E-state index contributed by atoms with van der Waals surface area (Å²) >= 11 is 0. The van der Waals surface area contributed by atoms with E-state index in [0.717, 1.165) is 87.5 Å². The highest BCUT2D eigenvalue weighted by Gasteiger charge is 2.29. The predicted octanol–water partition coefficient (Wildman–Crippen LogP) is 2.50. The van der Waals surface area contributed by atoms with Crippen molar-refractivity contribution in [3.05, 3.63) is 35.4 Å². The Labute approximate surface area is 207 Å². The number of nitrogens with two attached hydrogens (primary N) is 1. The number of benzene rings is 1. The quantitative estimate of drug-likeness (QED) is 0.695. The maximum atomic E-state index is 13.1. The lowest BCUT2D eigenvalue weighted by atomic mass is 9.92. The predicted molar refractivity (Wildman–Crippen MR) is 137 cm³/mol. The van der Waals surface area contributed by atoms with E-state index in [9.17, 15) is 4.79 Å². The number of carbonyl (C=O) groups excluding carboxylic acids is 1. The Kier molecular flexibility index (Phi) is 7.06. The minimum Gasteiger partial charge on any atom is -0.379 e. The molecule has 2 aliphatic heterocycles. The number of piperazine rings is 1. The molecule has 1 aromatic heterocycles. The van der Waals surface area contributed by atoms with E-state index >= 15 is 0 Å². The number of hydrogen-bond acceptors (Lipinski definition) is 7. The number of likely N-dealkylation sites (N-methyl/N-ethyl adjacent to an activating group) is 1. The fourth-order valence-corrected chi connectivity index (χ4v) is 5.48. The minimum absolute atomic E-state index is 0.00126. The van der Waals surface area contributed by atoms with Crippen LogP contribution in [0, 0.1) is 0 Å². The highest BCUT2D eigenvalue weighted by Crippen LogP contribution is 2.28. The van der Waals surface area contributed by atoms with Crippen LogP contribution in [0.5, 0.6) is 0 Å². The first-order valence-electron chi connectivity index (χ1n) is 12.8. The molecule has 188 valence electrons. The Bertz CT molecular complexity index is 1050. The van der Waals surface area contributed by atoms with Crippen LogP contribution >= 0.6 is 0 Å². The van der Waals surface area contributed by atoms with Crippen molar-refractivity contribution in [2.45, 2.75) is 50.8 Å². The number of nitrogens with one attached hydrogen (secondary N) is 1. The van der Waals surface area contributed by atoms with Crippen molar-refractivity contribution in [3.63, 3.8) is 0 Å². The fraction of sp³-hybridized carbons (Fsp3) is 0.577. The molecule has 35 heavy (non-hydrogen) atoms. The number of nitrogens with zero attached hydrogens (tertiary/aromatic N) is 5. The highest BCUT2D eigenvalue weighted by molar-refractivity contribution is 5.75. The van der Waals surface area contributed by atoms with Gasteiger partial charge in [-0.1, -0.05) is 25.0 Å². The van der Waals surface area contributed by atoms with E-state index < -0.39 is 0 Å². The van der Waals surface area contributed by atoms with Crippen molar-refractivity contribution >= 4 is 17.8 Å². The van der Waals surface area contributed by atoms with Crippen LogP contribution in [0.2, 0.25) is 0 Å². The number of rotatable bonds is 4. The van der Waals surface area contributed by atoms with Crippen LogP contribution in [0.3, 0.4) is 0 Å². The molecule has 2 amide bonds. The average molecular weight is 480 g/mol. The molecule has 2 fully saturated rings. The molecule has 9 heteroatoms. The standard InChI is InChI=1S/C26H37N7O2/c1-31-11-13-32(14-12-31)24-16-22(28-25(27)30-24)19-8-7-18-9-10-33(17-20(18)15-19)26(34)29-21-5-3-4-6-23(21)35-2/h7-8,15-16,21,23H,3-6,9-14,17H2,1-2H3,(H,29,34)(H2,27,28,30)/t21-,23+/m0/s1. The first kappa shape index (κ1) is 23.8. The van der Waals surface area contributed by atoms with E-state index in [4.69, 9.17) is 10.5 Å². The van der Waals surface area contributed by atoms with Crippen molar-refractivity contribution in [1.82, 2.24) is 25.1 Å². The summed E-state index contributed by atoms with van der Waals surface area (Å²) in [5.41, 5.74) is 10.4. The van der Waals surface area contributed by atoms with Gasteiger partial charge in [-0.15, -0.1) is 0 Å². The van der Waals surface area contributed by atoms with E-state index in [2.05, 4.69) is 50.3 Å². The molecule has 1 aliphatic carbocycles. The Morgan fingerprint density at radius 1 is 1.06 bits per heavy atom. The molecule has 3 N–H and O–H groups in total. The van der Waals surface area contributed by atoms with Crippen LogP contribution < -0.4 is 16.0 Å². The summed E-state index contributed by atoms with van der Waals surface area (Å²) in [5, 5.41) is 3.24. The number of ether oxygens (including phenoxy) is 1. The molecular formula is C26H37N7O2. The largest absolute Gasteiger partial charge is 0.379 e. The first-order valence-corrected chi connectivity index (χ1v) is 12.8. The van der Waals surface area contributed by atoms with E-state index in [1.165, 1.54) is 5.56 Å². The van der Waals surface area contributed by atoms with Gasteiger partial charge in [-0.25, -0.2) is 9.78 Å². The summed E-state index contributed by atoms with van der Waals surface area (Å²) in [6.07, 6.45) is 5.23. The van der Waals surface area contributed by atoms with Crippen molar-refractivity contribution in [2.75, 3.05) is 57.5 Å². The van der Waals surface area contributed by atoms with Gasteiger partial charge in [-0.3, -0.25) is 0 Å². The fourth-order valence-electron chi connectivity index (χ4n) is 5.48. The molecule has 1 saturated carbocycles. The minimum atomic E-state index is -0.00126. The SMILES string of the molecule is CO[C@@H]1CCCC[C@@H]1NC(=O)N1CCc2ccc(-c3cc(N4CCN(C)CC4)nc(N)n3)cc2C1. The second-order valence-corrected chi connectivity index (χ2v) is 10.0. The number of anilines is 2. The number of hydrogen-bond donors (Lipinski definition) is 2. The van der Waals surface area contributed by atoms with Crippen LogP contribution in [0.1, 0.15) is 36.8 Å². The van der Waals surface area contributed by atoms with E-state index in [0.29, 0.717) is 6.54 Å². The molecule has 2 aromatic rings. The zero-order valence-corrected chi connectivity index (χ0v) is 20.9. The molecule has 0 bridgehead atoms. The Morgan fingerprint density at radius 3 is 2.66 bits per heavy atom. The highest BCUT2D eigenvalue weighted by atomic mass is 16.5. The third kappa shape index (κ3) is 5.36. The summed E-state index contributed by atoms with van der Waals surface area (Å²) in [7, 11) is 3.88. The third-order valence-corrected chi connectivity index (χ3v) is 7.67. The third-order valence-electron chi connectivity index (χ3n) is 7.67. The topological polar surface area (TPSA) is 99.9 Å². The Balaban J connectivity index is 1.31. The lowest BCUT2D eigenvalue weighted by molar-refractivity contribution is 0.0428. The smallest absolute Gasteiger partial charge is 0.318 e. The van der Waals surface area contributed by atoms with Gasteiger partial charge in [0.1, 0.15) is 5.82 Å².